The monoisotopic (exact) mass is 643 g/mol. The number of fused-ring (bicyclic) bond motifs is 1. The Kier molecular flexibility index (Phi) is 11.1. The molecule has 47 heavy (non-hydrogen) atoms. The van der Waals surface area contributed by atoms with E-state index < -0.39 is 5.92 Å². The number of anilines is 1. The minimum Gasteiger partial charge on any atom is -0.343 e. The van der Waals surface area contributed by atoms with Crippen molar-refractivity contribution in [3.63, 3.8) is 0 Å². The first kappa shape index (κ1) is 33.4. The van der Waals surface area contributed by atoms with Crippen LogP contribution in [-0.4, -0.2) is 121 Å². The van der Waals surface area contributed by atoms with Gasteiger partial charge < -0.3 is 25.3 Å². The number of benzene rings is 2. The van der Waals surface area contributed by atoms with Gasteiger partial charge in [0.2, 0.25) is 11.8 Å². The second-order valence-electron chi connectivity index (χ2n) is 13.5. The van der Waals surface area contributed by atoms with Gasteiger partial charge in [0.25, 0.3) is 0 Å². The summed E-state index contributed by atoms with van der Waals surface area (Å²) in [7, 11) is 0. The van der Waals surface area contributed by atoms with Crippen LogP contribution in [0.5, 0.6) is 0 Å². The van der Waals surface area contributed by atoms with Crippen molar-refractivity contribution in [2.45, 2.75) is 64.8 Å². The quantitative estimate of drug-likeness (QED) is 0.436. The lowest BCUT2D eigenvalue weighted by molar-refractivity contribution is -0.145. The highest BCUT2D eigenvalue weighted by Crippen LogP contribution is 2.26. The molecule has 0 saturated carbocycles. The summed E-state index contributed by atoms with van der Waals surface area (Å²) in [5.41, 5.74) is 5.87. The summed E-state index contributed by atoms with van der Waals surface area (Å²) in [6.07, 6.45) is 5.06. The lowest BCUT2D eigenvalue weighted by Crippen LogP contribution is -2.59. The van der Waals surface area contributed by atoms with Gasteiger partial charge in [0, 0.05) is 90.1 Å². The molecule has 4 amide bonds. The number of carbonyl (C=O) groups excluding carboxylic acids is 3. The van der Waals surface area contributed by atoms with Crippen LogP contribution >= 0.6 is 0 Å². The van der Waals surface area contributed by atoms with Crippen molar-refractivity contribution >= 4 is 23.5 Å². The highest BCUT2D eigenvalue weighted by atomic mass is 16.2. The molecular weight excluding hydrogens is 590 g/mol. The minimum atomic E-state index is -0.391. The summed E-state index contributed by atoms with van der Waals surface area (Å²) < 4.78 is 0. The van der Waals surface area contributed by atoms with Gasteiger partial charge in [0.15, 0.2) is 0 Å². The largest absolute Gasteiger partial charge is 0.343 e. The molecule has 0 unspecified atom stereocenters. The number of likely N-dealkylation sites (tertiary alicyclic amines) is 1. The molecule has 0 bridgehead atoms. The maximum atomic E-state index is 14.2. The van der Waals surface area contributed by atoms with E-state index in [1.54, 1.807) is 0 Å². The van der Waals surface area contributed by atoms with Crippen molar-refractivity contribution in [3.05, 3.63) is 64.7 Å². The Hall–Kier alpha value is -3.47. The molecule has 254 valence electrons. The van der Waals surface area contributed by atoms with Gasteiger partial charge in [0.05, 0.1) is 5.92 Å². The molecule has 10 nitrogen and oxygen atoms in total. The third-order valence-corrected chi connectivity index (χ3v) is 10.7. The molecule has 4 aliphatic heterocycles. The van der Waals surface area contributed by atoms with E-state index >= 15 is 0 Å². The summed E-state index contributed by atoms with van der Waals surface area (Å²) >= 11 is 0. The smallest absolute Gasteiger partial charge is 0.322 e. The number of urea groups is 1. The van der Waals surface area contributed by atoms with E-state index in [0.29, 0.717) is 39.1 Å². The van der Waals surface area contributed by atoms with Gasteiger partial charge in [-0.3, -0.25) is 9.59 Å². The van der Waals surface area contributed by atoms with Crippen LogP contribution < -0.4 is 10.6 Å². The Morgan fingerprint density at radius 2 is 1.51 bits per heavy atom. The average molecular weight is 644 g/mol. The first-order chi connectivity index (χ1) is 22.9. The number of nitrogens with zero attached hydrogens (tertiary/aromatic N) is 5. The fourth-order valence-corrected chi connectivity index (χ4v) is 7.91. The van der Waals surface area contributed by atoms with Gasteiger partial charge in [0.1, 0.15) is 0 Å². The molecule has 0 radical (unpaired) electrons. The molecule has 4 aliphatic rings. The topological polar surface area (TPSA) is 91.5 Å². The standard InChI is InChI=1S/C37H53N7O3/c1-3-29-10-9-28(25-30(29)4-2)26-32(36(46)41-21-23-43(24-22-41)42-19-14-38-15-20-42)27-35(45)40-16-12-33(13-17-40)44-18-11-31-7-5-6-8-34(31)39-37(44)47/h5-10,25,32-33,38H,3-4,11-24,26-27H2,1-2H3,(H,39,47)/t32-/m0/s1. The van der Waals surface area contributed by atoms with Crippen molar-refractivity contribution in [2.75, 3.05) is 77.3 Å². The van der Waals surface area contributed by atoms with Crippen molar-refractivity contribution in [1.29, 1.82) is 0 Å². The lowest BCUT2D eigenvalue weighted by Gasteiger charge is -2.43. The Balaban J connectivity index is 1.09. The second-order valence-corrected chi connectivity index (χ2v) is 13.5. The Bertz CT molecular complexity index is 1390. The third-order valence-electron chi connectivity index (χ3n) is 10.7. The van der Waals surface area contributed by atoms with Crippen LogP contribution in [0.2, 0.25) is 0 Å². The highest BCUT2D eigenvalue weighted by molar-refractivity contribution is 5.91. The second kappa shape index (κ2) is 15.6. The van der Waals surface area contributed by atoms with Crippen LogP contribution in [0.3, 0.4) is 0 Å². The molecule has 2 aromatic rings. The average Bonchev–Trinajstić information content (AvgIpc) is 3.29. The number of carbonyl (C=O) groups is 3. The van der Waals surface area contributed by atoms with E-state index in [0.717, 1.165) is 88.2 Å². The molecule has 10 heteroatoms. The highest BCUT2D eigenvalue weighted by Gasteiger charge is 2.35. The van der Waals surface area contributed by atoms with E-state index in [4.69, 9.17) is 0 Å². The van der Waals surface area contributed by atoms with Crippen LogP contribution in [0.4, 0.5) is 10.5 Å². The summed E-state index contributed by atoms with van der Waals surface area (Å²) in [6.45, 7) is 13.3. The van der Waals surface area contributed by atoms with Gasteiger partial charge >= 0.3 is 6.03 Å². The van der Waals surface area contributed by atoms with Crippen molar-refractivity contribution < 1.29 is 14.4 Å². The van der Waals surface area contributed by atoms with E-state index in [9.17, 15) is 14.4 Å². The molecule has 1 atom stereocenters. The van der Waals surface area contributed by atoms with Crippen LogP contribution in [-0.2, 0) is 35.3 Å². The number of hydrogen-bond donors (Lipinski definition) is 2. The molecule has 0 aromatic heterocycles. The van der Waals surface area contributed by atoms with Crippen LogP contribution in [0.25, 0.3) is 0 Å². The molecule has 0 aliphatic carbocycles. The van der Waals surface area contributed by atoms with Crippen molar-refractivity contribution in [3.8, 4) is 0 Å². The molecular formula is C37H53N7O3. The van der Waals surface area contributed by atoms with E-state index in [2.05, 4.69) is 58.8 Å². The number of piperazine rings is 2. The number of hydrazine groups is 1. The zero-order chi connectivity index (χ0) is 32.8. The number of piperidine rings is 1. The maximum absolute atomic E-state index is 14.2. The number of nitrogens with one attached hydrogen (secondary N) is 2. The van der Waals surface area contributed by atoms with Gasteiger partial charge in [-0.2, -0.15) is 0 Å². The summed E-state index contributed by atoms with van der Waals surface area (Å²) in [5, 5.41) is 11.3. The fourth-order valence-electron chi connectivity index (χ4n) is 7.91. The minimum absolute atomic E-state index is 0.0508. The molecule has 4 heterocycles. The van der Waals surface area contributed by atoms with E-state index in [-0.39, 0.29) is 30.3 Å². The molecule has 2 aromatic carbocycles. The number of rotatable bonds is 9. The number of amides is 4. The predicted molar refractivity (Wildman–Crippen MR) is 185 cm³/mol. The molecule has 2 N–H and O–H groups in total. The SMILES string of the molecule is CCc1ccc(C[C@@H](CC(=O)N2CCC(N3CCc4ccccc4NC3=O)CC2)C(=O)N2CCN(N3CCNCC3)CC2)cc1CC. The van der Waals surface area contributed by atoms with Gasteiger partial charge in [-0.1, -0.05) is 50.2 Å². The van der Waals surface area contributed by atoms with Crippen molar-refractivity contribution in [1.82, 2.24) is 30.0 Å². The summed E-state index contributed by atoms with van der Waals surface area (Å²) in [4.78, 5) is 47.0. The maximum Gasteiger partial charge on any atom is 0.322 e. The zero-order valence-electron chi connectivity index (χ0n) is 28.4. The van der Waals surface area contributed by atoms with Crippen LogP contribution in [0.1, 0.15) is 55.4 Å². The number of aryl methyl sites for hydroxylation is 2. The normalized spacial score (nSPS) is 20.8. The molecule has 6 rings (SSSR count). The fraction of sp³-hybridized carbons (Fsp3) is 0.595. The van der Waals surface area contributed by atoms with E-state index in [1.165, 1.54) is 11.1 Å². The van der Waals surface area contributed by atoms with E-state index in [1.807, 2.05) is 32.9 Å². The van der Waals surface area contributed by atoms with Gasteiger partial charge in [-0.25, -0.2) is 14.8 Å². The first-order valence-electron chi connectivity index (χ1n) is 18.0. The Labute approximate surface area is 280 Å². The Morgan fingerprint density at radius 1 is 0.809 bits per heavy atom. The Morgan fingerprint density at radius 3 is 2.23 bits per heavy atom. The zero-order valence-corrected chi connectivity index (χ0v) is 28.4. The van der Waals surface area contributed by atoms with Gasteiger partial charge in [-0.05, 0) is 66.8 Å². The van der Waals surface area contributed by atoms with Crippen LogP contribution in [0.15, 0.2) is 42.5 Å². The van der Waals surface area contributed by atoms with Gasteiger partial charge in [-0.15, -0.1) is 0 Å². The van der Waals surface area contributed by atoms with Crippen molar-refractivity contribution in [2.24, 2.45) is 5.92 Å². The summed E-state index contributed by atoms with van der Waals surface area (Å²) in [5.74, 6) is -0.237. The summed E-state index contributed by atoms with van der Waals surface area (Å²) in [6, 6.07) is 14.7. The number of para-hydroxylation sites is 1. The predicted octanol–water partition coefficient (Wildman–Crippen LogP) is 3.41. The molecule has 0 spiro atoms. The number of hydrogen-bond acceptors (Lipinski definition) is 6. The molecule has 3 fully saturated rings. The first-order valence-corrected chi connectivity index (χ1v) is 18.0. The molecule has 3 saturated heterocycles. The van der Waals surface area contributed by atoms with Crippen LogP contribution in [0, 0.1) is 5.92 Å². The lowest BCUT2D eigenvalue weighted by atomic mass is 9.90. The third kappa shape index (κ3) is 7.99.